The summed E-state index contributed by atoms with van der Waals surface area (Å²) in [7, 11) is -2.32. The first-order valence-electron chi connectivity index (χ1n) is 12.8. The molecule has 37 heavy (non-hydrogen) atoms. The fraction of sp³-hybridized carbons (Fsp3) is 0.519. The van der Waals surface area contributed by atoms with Crippen LogP contribution in [0.2, 0.25) is 18.1 Å². The summed E-state index contributed by atoms with van der Waals surface area (Å²) < 4.78 is 49.1. The molecule has 10 heteroatoms. The van der Waals surface area contributed by atoms with Crippen molar-refractivity contribution >= 4 is 25.6 Å². The van der Waals surface area contributed by atoms with Crippen molar-refractivity contribution in [1.82, 2.24) is 14.6 Å². The normalized spacial score (nSPS) is 15.1. The molecule has 4 rings (SSSR count). The minimum atomic E-state index is -4.47. The molecule has 1 fully saturated rings. The topological polar surface area (TPSA) is 68.5 Å². The van der Waals surface area contributed by atoms with Gasteiger partial charge in [0.25, 0.3) is 8.32 Å². The van der Waals surface area contributed by atoms with Crippen molar-refractivity contribution < 1.29 is 22.4 Å². The van der Waals surface area contributed by atoms with Gasteiger partial charge in [0.05, 0.1) is 16.6 Å². The van der Waals surface area contributed by atoms with Crippen LogP contribution in [0.15, 0.2) is 30.6 Å². The van der Waals surface area contributed by atoms with E-state index >= 15 is 0 Å². The molecule has 0 aliphatic heterocycles. The summed E-state index contributed by atoms with van der Waals surface area (Å²) in [5, 5.41) is 7.58. The molecular formula is C27H35F3N4O2Si. The summed E-state index contributed by atoms with van der Waals surface area (Å²) in [4.78, 5) is 17.1. The number of anilines is 1. The van der Waals surface area contributed by atoms with Gasteiger partial charge >= 0.3 is 6.18 Å². The van der Waals surface area contributed by atoms with Gasteiger partial charge in [0.2, 0.25) is 5.91 Å². The number of amides is 1. The number of carbonyl (C=O) groups is 1. The van der Waals surface area contributed by atoms with E-state index < -0.39 is 20.1 Å². The lowest BCUT2D eigenvalue weighted by Gasteiger charge is -2.37. The van der Waals surface area contributed by atoms with Crippen molar-refractivity contribution in [1.29, 1.82) is 0 Å². The standard InChI is InChI=1S/C27H35F3N4O2Si/c1-7-9-21(35)32-25-23(20(12-14-31-25)36-37(5,6)26(2,3)4)24-22(17-10-8-11-17)19-16-18(27(28,29)30)13-15-34(19)33-24/h12-17H,7-11H2,1-6H3,(H,31,32,35). The van der Waals surface area contributed by atoms with Gasteiger partial charge in [-0.2, -0.15) is 18.3 Å². The molecule has 0 saturated heterocycles. The second-order valence-corrected chi connectivity index (χ2v) is 16.1. The largest absolute Gasteiger partial charge is 0.543 e. The highest BCUT2D eigenvalue weighted by molar-refractivity contribution is 6.74. The lowest BCUT2D eigenvalue weighted by molar-refractivity contribution is -0.137. The van der Waals surface area contributed by atoms with Gasteiger partial charge in [-0.1, -0.05) is 34.1 Å². The van der Waals surface area contributed by atoms with Crippen LogP contribution >= 0.6 is 0 Å². The predicted octanol–water partition coefficient (Wildman–Crippen LogP) is 7.81. The van der Waals surface area contributed by atoms with Crippen molar-refractivity contribution in [2.45, 2.75) is 90.0 Å². The summed E-state index contributed by atoms with van der Waals surface area (Å²) in [6, 6.07) is 3.97. The summed E-state index contributed by atoms with van der Waals surface area (Å²) >= 11 is 0. The van der Waals surface area contributed by atoms with Crippen LogP contribution in [0.4, 0.5) is 19.0 Å². The molecule has 1 amide bonds. The van der Waals surface area contributed by atoms with Gasteiger partial charge in [-0.3, -0.25) is 4.79 Å². The number of hydrogen-bond acceptors (Lipinski definition) is 4. The zero-order valence-corrected chi connectivity index (χ0v) is 23.3. The third-order valence-electron chi connectivity index (χ3n) is 7.57. The minimum Gasteiger partial charge on any atom is -0.543 e. The average Bonchev–Trinajstić information content (AvgIpc) is 3.09. The van der Waals surface area contributed by atoms with Gasteiger partial charge in [0.15, 0.2) is 0 Å². The molecule has 0 atom stereocenters. The highest BCUT2D eigenvalue weighted by Gasteiger charge is 2.41. The summed E-state index contributed by atoms with van der Waals surface area (Å²) in [5.41, 5.74) is 1.49. The van der Waals surface area contributed by atoms with Gasteiger partial charge in [-0.25, -0.2) is 9.50 Å². The van der Waals surface area contributed by atoms with Gasteiger partial charge < -0.3 is 9.74 Å². The van der Waals surface area contributed by atoms with E-state index in [9.17, 15) is 18.0 Å². The number of alkyl halides is 3. The molecule has 0 unspecified atom stereocenters. The Morgan fingerprint density at radius 3 is 2.49 bits per heavy atom. The zero-order chi connectivity index (χ0) is 27.2. The molecule has 3 heterocycles. The molecule has 3 aromatic heterocycles. The van der Waals surface area contributed by atoms with Crippen LogP contribution in [0, 0.1) is 0 Å². The number of aromatic nitrogens is 3. The number of fused-ring (bicyclic) bond motifs is 1. The Hall–Kier alpha value is -2.88. The van der Waals surface area contributed by atoms with Crippen LogP contribution in [0.1, 0.15) is 76.8 Å². The lowest BCUT2D eigenvalue weighted by atomic mass is 9.78. The van der Waals surface area contributed by atoms with E-state index in [1.165, 1.54) is 16.8 Å². The Morgan fingerprint density at radius 2 is 1.92 bits per heavy atom. The van der Waals surface area contributed by atoms with E-state index in [2.05, 4.69) is 44.2 Å². The monoisotopic (exact) mass is 532 g/mol. The van der Waals surface area contributed by atoms with Crippen LogP contribution in [0.25, 0.3) is 16.8 Å². The van der Waals surface area contributed by atoms with E-state index in [1.54, 1.807) is 12.3 Å². The molecule has 1 aliphatic rings. The van der Waals surface area contributed by atoms with Crippen molar-refractivity contribution in [2.75, 3.05) is 5.32 Å². The summed E-state index contributed by atoms with van der Waals surface area (Å²) in [5.74, 6) is 0.730. The van der Waals surface area contributed by atoms with Crippen molar-refractivity contribution in [3.63, 3.8) is 0 Å². The van der Waals surface area contributed by atoms with Gasteiger partial charge in [0, 0.05) is 24.4 Å². The number of nitrogens with zero attached hydrogens (tertiary/aromatic N) is 3. The minimum absolute atomic E-state index is 0.0658. The second kappa shape index (κ2) is 9.77. The predicted molar refractivity (Wildman–Crippen MR) is 141 cm³/mol. The number of rotatable bonds is 7. The first kappa shape index (κ1) is 27.2. The Kier molecular flexibility index (Phi) is 7.17. The first-order valence-corrected chi connectivity index (χ1v) is 15.7. The molecule has 6 nitrogen and oxygen atoms in total. The Labute approximate surface area is 216 Å². The van der Waals surface area contributed by atoms with E-state index in [0.717, 1.165) is 30.9 Å². The number of halogens is 3. The van der Waals surface area contributed by atoms with Gasteiger partial charge in [-0.05, 0) is 61.5 Å². The molecule has 0 bridgehead atoms. The first-order chi connectivity index (χ1) is 17.2. The van der Waals surface area contributed by atoms with E-state index in [4.69, 9.17) is 9.52 Å². The molecule has 200 valence electrons. The number of nitrogens with one attached hydrogen (secondary N) is 1. The fourth-order valence-electron chi connectivity index (χ4n) is 4.23. The van der Waals surface area contributed by atoms with E-state index in [-0.39, 0.29) is 16.9 Å². The molecule has 1 N–H and O–H groups in total. The molecule has 0 radical (unpaired) electrons. The van der Waals surface area contributed by atoms with Crippen molar-refractivity contribution in [2.24, 2.45) is 0 Å². The molecular weight excluding hydrogens is 497 g/mol. The molecule has 0 spiro atoms. The summed E-state index contributed by atoms with van der Waals surface area (Å²) in [6.45, 7) is 12.6. The smallest absolute Gasteiger partial charge is 0.416 e. The van der Waals surface area contributed by atoms with Gasteiger partial charge in [-0.15, -0.1) is 0 Å². The van der Waals surface area contributed by atoms with E-state index in [0.29, 0.717) is 41.2 Å². The Balaban J connectivity index is 1.98. The third kappa shape index (κ3) is 5.39. The quantitative estimate of drug-likeness (QED) is 0.315. The third-order valence-corrected chi connectivity index (χ3v) is 11.9. The zero-order valence-electron chi connectivity index (χ0n) is 22.3. The molecule has 3 aromatic rings. The molecule has 0 aromatic carbocycles. The van der Waals surface area contributed by atoms with Crippen LogP contribution in [-0.4, -0.2) is 28.8 Å². The highest BCUT2D eigenvalue weighted by Crippen LogP contribution is 2.48. The lowest BCUT2D eigenvalue weighted by Crippen LogP contribution is -2.44. The number of pyridine rings is 2. The maximum Gasteiger partial charge on any atom is 0.416 e. The Morgan fingerprint density at radius 1 is 1.22 bits per heavy atom. The van der Waals surface area contributed by atoms with Crippen LogP contribution in [0.3, 0.4) is 0 Å². The van der Waals surface area contributed by atoms with Gasteiger partial charge in [0.1, 0.15) is 17.3 Å². The maximum atomic E-state index is 13.6. The van der Waals surface area contributed by atoms with Crippen molar-refractivity contribution in [3.05, 3.63) is 41.7 Å². The number of carbonyl (C=O) groups excluding carboxylic acids is 1. The number of hydrogen-bond donors (Lipinski definition) is 1. The SMILES string of the molecule is CCCC(=O)Nc1nccc(O[Si](C)(C)C(C)(C)C)c1-c1nn2ccc(C(F)(F)F)cc2c1C1CCC1. The van der Waals surface area contributed by atoms with E-state index in [1.807, 2.05) is 6.92 Å². The average molecular weight is 533 g/mol. The van der Waals surface area contributed by atoms with Crippen molar-refractivity contribution in [3.8, 4) is 17.0 Å². The molecule has 1 aliphatic carbocycles. The van der Waals surface area contributed by atoms with Crippen LogP contribution in [-0.2, 0) is 11.0 Å². The van der Waals surface area contributed by atoms with Crippen LogP contribution in [0.5, 0.6) is 5.75 Å². The van der Waals surface area contributed by atoms with Crippen LogP contribution < -0.4 is 9.74 Å². The second-order valence-electron chi connectivity index (χ2n) is 11.3. The Bertz CT molecular complexity index is 1310. The fourth-order valence-corrected chi connectivity index (χ4v) is 5.25. The highest BCUT2D eigenvalue weighted by atomic mass is 28.4. The molecule has 1 saturated carbocycles. The maximum absolute atomic E-state index is 13.6. The summed E-state index contributed by atoms with van der Waals surface area (Å²) in [6.07, 6.45) is 2.20.